The normalized spacial score (nSPS) is 10.3. The predicted octanol–water partition coefficient (Wildman–Crippen LogP) is 1.71. The first-order valence-electron chi connectivity index (χ1n) is 3.99. The molecule has 0 aliphatic rings. The van der Waals surface area contributed by atoms with Crippen LogP contribution in [-0.2, 0) is 0 Å². The monoisotopic (exact) mass is 199 g/mol. The maximum atomic E-state index is 7.02. The number of amidine groups is 1. The number of thioether (sulfide) groups is 1. The number of nitrogens with two attached hydrogens (primary N) is 1. The first kappa shape index (κ1) is 10.1. The Balaban J connectivity index is 2.41. The van der Waals surface area contributed by atoms with E-state index in [-0.39, 0.29) is 5.84 Å². The zero-order valence-electron chi connectivity index (χ0n) is 7.76. The molecular weight excluding hydrogens is 186 g/mol. The van der Waals surface area contributed by atoms with Gasteiger partial charge in [0, 0.05) is 12.2 Å². The molecule has 0 atom stereocenters. The number of aryl methyl sites for hydroxylation is 2. The quantitative estimate of drug-likeness (QED) is 0.439. The number of nitrogens with zero attached hydrogens (tertiary/aromatic N) is 1. The Morgan fingerprint density at radius 3 is 2.77 bits per heavy atom. The zero-order chi connectivity index (χ0) is 9.84. The van der Waals surface area contributed by atoms with Crippen molar-refractivity contribution in [3.63, 3.8) is 0 Å². The summed E-state index contributed by atoms with van der Waals surface area (Å²) in [7, 11) is 0. The second-order valence-corrected chi connectivity index (χ2v) is 3.79. The highest BCUT2D eigenvalue weighted by atomic mass is 32.2. The number of hydrogen-bond donors (Lipinski definition) is 2. The third-order valence-corrected chi connectivity index (χ3v) is 2.44. The van der Waals surface area contributed by atoms with Crippen LogP contribution in [0.1, 0.15) is 17.9 Å². The molecule has 1 rings (SSSR count). The second kappa shape index (κ2) is 4.32. The van der Waals surface area contributed by atoms with Gasteiger partial charge in [-0.05, 0) is 13.8 Å². The van der Waals surface area contributed by atoms with Gasteiger partial charge >= 0.3 is 0 Å². The van der Waals surface area contributed by atoms with Crippen LogP contribution >= 0.6 is 11.8 Å². The van der Waals surface area contributed by atoms with Crippen molar-refractivity contribution in [3.05, 3.63) is 11.5 Å². The molecule has 5 heteroatoms. The molecule has 0 aliphatic carbocycles. The van der Waals surface area contributed by atoms with Gasteiger partial charge in [0.15, 0.2) is 0 Å². The van der Waals surface area contributed by atoms with Crippen LogP contribution in [0.5, 0.6) is 0 Å². The minimum absolute atomic E-state index is 0.201. The van der Waals surface area contributed by atoms with Gasteiger partial charge in [0.1, 0.15) is 5.76 Å². The summed E-state index contributed by atoms with van der Waals surface area (Å²) in [5.74, 6) is 1.80. The molecule has 0 aromatic carbocycles. The van der Waals surface area contributed by atoms with Crippen molar-refractivity contribution in [2.75, 3.05) is 5.75 Å². The Morgan fingerprint density at radius 2 is 2.31 bits per heavy atom. The van der Waals surface area contributed by atoms with Gasteiger partial charge in [0.2, 0.25) is 0 Å². The first-order chi connectivity index (χ1) is 6.09. The van der Waals surface area contributed by atoms with Gasteiger partial charge < -0.3 is 10.2 Å². The fraction of sp³-hybridized carbons (Fsp3) is 0.500. The standard InChI is InChI=1S/C8H13N3OS/c1-5-6(2)12-8(11-5)13-4-3-7(9)10/h3-4H2,1-2H3,(H3,9,10). The Hall–Kier alpha value is -0.970. The summed E-state index contributed by atoms with van der Waals surface area (Å²) >= 11 is 1.49. The highest BCUT2D eigenvalue weighted by Gasteiger charge is 2.05. The van der Waals surface area contributed by atoms with Gasteiger partial charge in [-0.1, -0.05) is 11.8 Å². The average molecular weight is 199 g/mol. The highest BCUT2D eigenvalue weighted by molar-refractivity contribution is 7.99. The number of aromatic nitrogens is 1. The van der Waals surface area contributed by atoms with Crippen LogP contribution in [-0.4, -0.2) is 16.6 Å². The Kier molecular flexibility index (Phi) is 3.36. The summed E-state index contributed by atoms with van der Waals surface area (Å²) in [4.78, 5) is 4.19. The fourth-order valence-corrected chi connectivity index (χ4v) is 1.64. The Morgan fingerprint density at radius 1 is 1.62 bits per heavy atom. The summed E-state index contributed by atoms with van der Waals surface area (Å²) in [5.41, 5.74) is 6.13. The van der Waals surface area contributed by atoms with Gasteiger partial charge in [0.25, 0.3) is 5.22 Å². The van der Waals surface area contributed by atoms with Gasteiger partial charge in [-0.2, -0.15) is 0 Å². The lowest BCUT2D eigenvalue weighted by atomic mass is 10.4. The van der Waals surface area contributed by atoms with Gasteiger partial charge in [-0.25, -0.2) is 4.98 Å². The van der Waals surface area contributed by atoms with Gasteiger partial charge in [0.05, 0.1) is 11.5 Å². The molecule has 0 fully saturated rings. The lowest BCUT2D eigenvalue weighted by Gasteiger charge is -1.94. The molecule has 72 valence electrons. The van der Waals surface area contributed by atoms with Crippen LogP contribution in [0.15, 0.2) is 9.64 Å². The van der Waals surface area contributed by atoms with E-state index in [1.165, 1.54) is 11.8 Å². The maximum absolute atomic E-state index is 7.02. The van der Waals surface area contributed by atoms with Crippen LogP contribution in [0.2, 0.25) is 0 Å². The molecule has 1 aromatic heterocycles. The lowest BCUT2D eigenvalue weighted by molar-refractivity contribution is 0.431. The van der Waals surface area contributed by atoms with E-state index in [0.717, 1.165) is 17.2 Å². The number of oxazole rings is 1. The summed E-state index contributed by atoms with van der Waals surface area (Å²) in [5, 5.41) is 7.68. The van der Waals surface area contributed by atoms with Gasteiger partial charge in [-0.3, -0.25) is 5.41 Å². The van der Waals surface area contributed by atoms with Crippen molar-refractivity contribution in [1.82, 2.24) is 4.98 Å². The molecule has 0 unspecified atom stereocenters. The average Bonchev–Trinajstić information content (AvgIpc) is 2.30. The zero-order valence-corrected chi connectivity index (χ0v) is 8.57. The molecule has 4 nitrogen and oxygen atoms in total. The predicted molar refractivity (Wildman–Crippen MR) is 53.2 cm³/mol. The van der Waals surface area contributed by atoms with Crippen LogP contribution in [0.25, 0.3) is 0 Å². The van der Waals surface area contributed by atoms with E-state index < -0.39 is 0 Å². The molecule has 0 radical (unpaired) electrons. The molecular formula is C8H13N3OS. The van der Waals surface area contributed by atoms with Gasteiger partial charge in [-0.15, -0.1) is 0 Å². The molecule has 0 saturated heterocycles. The largest absolute Gasteiger partial charge is 0.437 e. The van der Waals surface area contributed by atoms with Crippen molar-refractivity contribution < 1.29 is 4.42 Å². The SMILES string of the molecule is Cc1nc(SCCC(=N)N)oc1C. The summed E-state index contributed by atoms with van der Waals surface area (Å²) < 4.78 is 5.34. The Labute approximate surface area is 81.4 Å². The van der Waals surface area contributed by atoms with Crippen LogP contribution in [0.4, 0.5) is 0 Å². The molecule has 0 saturated carbocycles. The van der Waals surface area contributed by atoms with E-state index in [4.69, 9.17) is 15.6 Å². The molecule has 3 N–H and O–H groups in total. The highest BCUT2D eigenvalue weighted by Crippen LogP contribution is 2.20. The van der Waals surface area contributed by atoms with Crippen LogP contribution < -0.4 is 5.73 Å². The summed E-state index contributed by atoms with van der Waals surface area (Å²) in [6.45, 7) is 3.80. The van der Waals surface area contributed by atoms with E-state index in [2.05, 4.69) is 4.98 Å². The number of rotatable bonds is 4. The van der Waals surface area contributed by atoms with Crippen molar-refractivity contribution in [1.29, 1.82) is 5.41 Å². The van der Waals surface area contributed by atoms with Crippen LogP contribution in [0.3, 0.4) is 0 Å². The molecule has 0 bridgehead atoms. The summed E-state index contributed by atoms with van der Waals surface area (Å²) in [6.07, 6.45) is 0.575. The molecule has 0 aliphatic heterocycles. The molecule has 13 heavy (non-hydrogen) atoms. The smallest absolute Gasteiger partial charge is 0.256 e. The van der Waals surface area contributed by atoms with Crippen LogP contribution in [0, 0.1) is 19.3 Å². The molecule has 0 spiro atoms. The van der Waals surface area contributed by atoms with E-state index >= 15 is 0 Å². The number of hydrogen-bond acceptors (Lipinski definition) is 4. The molecule has 1 aromatic rings. The third kappa shape index (κ3) is 3.10. The lowest BCUT2D eigenvalue weighted by Crippen LogP contribution is -2.09. The maximum Gasteiger partial charge on any atom is 0.256 e. The van der Waals surface area contributed by atoms with Crippen molar-refractivity contribution in [2.24, 2.45) is 5.73 Å². The first-order valence-corrected chi connectivity index (χ1v) is 4.98. The molecule has 0 amide bonds. The van der Waals surface area contributed by atoms with Crippen molar-refractivity contribution in [2.45, 2.75) is 25.5 Å². The van der Waals surface area contributed by atoms with E-state index in [1.54, 1.807) is 0 Å². The Bertz CT molecular complexity index is 289. The second-order valence-electron chi connectivity index (χ2n) is 2.75. The fourth-order valence-electron chi connectivity index (χ4n) is 0.753. The van der Waals surface area contributed by atoms with Crippen molar-refractivity contribution >= 4 is 17.6 Å². The van der Waals surface area contributed by atoms with Crippen molar-refractivity contribution in [3.8, 4) is 0 Å². The van der Waals surface area contributed by atoms with E-state index in [9.17, 15) is 0 Å². The molecule has 1 heterocycles. The number of nitrogens with one attached hydrogen (secondary N) is 1. The summed E-state index contributed by atoms with van der Waals surface area (Å²) in [6, 6.07) is 0. The minimum atomic E-state index is 0.201. The third-order valence-electron chi connectivity index (χ3n) is 1.61. The minimum Gasteiger partial charge on any atom is -0.437 e. The topological polar surface area (TPSA) is 75.9 Å². The van der Waals surface area contributed by atoms with E-state index in [0.29, 0.717) is 11.6 Å². The van der Waals surface area contributed by atoms with E-state index in [1.807, 2.05) is 13.8 Å².